The van der Waals surface area contributed by atoms with E-state index in [0.717, 1.165) is 5.39 Å². The molecule has 1 aliphatic heterocycles. The van der Waals surface area contributed by atoms with Crippen LogP contribution in [-0.4, -0.2) is 47.0 Å². The topological polar surface area (TPSA) is 90.8 Å². The number of aliphatic imine (C=N–C) groups is 2. The van der Waals surface area contributed by atoms with Gasteiger partial charge >= 0.3 is 0 Å². The smallest absolute Gasteiger partial charge is 0.272 e. The molecule has 7 nitrogen and oxygen atoms in total. The van der Waals surface area contributed by atoms with Crippen LogP contribution in [0.2, 0.25) is 0 Å². The molecular formula is C23H20FN5O2. The van der Waals surface area contributed by atoms with Gasteiger partial charge in [-0.1, -0.05) is 24.3 Å². The third-order valence-electron chi connectivity index (χ3n) is 5.19. The number of rotatable bonds is 5. The van der Waals surface area contributed by atoms with Gasteiger partial charge in [0.2, 0.25) is 0 Å². The summed E-state index contributed by atoms with van der Waals surface area (Å²) in [6.07, 6.45) is 1.96. The Labute approximate surface area is 177 Å². The summed E-state index contributed by atoms with van der Waals surface area (Å²) in [5, 5.41) is 7.90. The number of fused-ring (bicyclic) bond motifs is 1. The molecule has 156 valence electrons. The van der Waals surface area contributed by atoms with Crippen molar-refractivity contribution < 1.29 is 9.18 Å². The van der Waals surface area contributed by atoms with Crippen LogP contribution in [-0.2, 0) is 6.42 Å². The summed E-state index contributed by atoms with van der Waals surface area (Å²) in [6.45, 7) is 5.77. The fourth-order valence-electron chi connectivity index (χ4n) is 3.67. The molecule has 8 heteroatoms. The monoisotopic (exact) mass is 417 g/mol. The van der Waals surface area contributed by atoms with E-state index in [9.17, 15) is 14.0 Å². The van der Waals surface area contributed by atoms with E-state index in [1.165, 1.54) is 17.0 Å². The summed E-state index contributed by atoms with van der Waals surface area (Å²) in [5.41, 5.74) is 2.29. The molecule has 3 aromatic rings. The SMILES string of the molecule is C=NC1=C(N=CC)CN(C(=O)c2cc(Cc3n[nH]c(=O)c4ccccc34)ccc2F)C1. The van der Waals surface area contributed by atoms with Crippen molar-refractivity contribution in [1.82, 2.24) is 15.1 Å². The first-order valence-corrected chi connectivity index (χ1v) is 9.73. The highest BCUT2D eigenvalue weighted by atomic mass is 19.1. The number of carbonyl (C=O) groups excluding carboxylic acids is 1. The van der Waals surface area contributed by atoms with Crippen LogP contribution in [0.15, 0.2) is 68.6 Å². The van der Waals surface area contributed by atoms with E-state index < -0.39 is 11.7 Å². The Morgan fingerprint density at radius 1 is 1.23 bits per heavy atom. The van der Waals surface area contributed by atoms with Gasteiger partial charge in [0.15, 0.2) is 0 Å². The van der Waals surface area contributed by atoms with E-state index in [4.69, 9.17) is 0 Å². The number of carbonyl (C=O) groups is 1. The Kier molecular flexibility index (Phi) is 5.53. The predicted molar refractivity (Wildman–Crippen MR) is 118 cm³/mol. The van der Waals surface area contributed by atoms with Crippen LogP contribution in [0, 0.1) is 5.82 Å². The molecule has 0 bridgehead atoms. The summed E-state index contributed by atoms with van der Waals surface area (Å²) in [7, 11) is 0. The fraction of sp³-hybridized carbons (Fsp3) is 0.174. The summed E-state index contributed by atoms with van der Waals surface area (Å²) in [4.78, 5) is 34.7. The van der Waals surface area contributed by atoms with Crippen molar-refractivity contribution in [3.63, 3.8) is 0 Å². The van der Waals surface area contributed by atoms with Gasteiger partial charge in [-0.15, -0.1) is 0 Å². The maximum atomic E-state index is 14.6. The van der Waals surface area contributed by atoms with Crippen molar-refractivity contribution in [2.24, 2.45) is 9.98 Å². The third-order valence-corrected chi connectivity index (χ3v) is 5.19. The average molecular weight is 417 g/mol. The minimum Gasteiger partial charge on any atom is -0.327 e. The Bertz CT molecular complexity index is 1310. The van der Waals surface area contributed by atoms with Crippen LogP contribution in [0.4, 0.5) is 4.39 Å². The van der Waals surface area contributed by atoms with E-state index in [2.05, 4.69) is 26.9 Å². The van der Waals surface area contributed by atoms with Crippen LogP contribution in [0.1, 0.15) is 28.5 Å². The van der Waals surface area contributed by atoms with Crippen molar-refractivity contribution in [1.29, 1.82) is 0 Å². The lowest BCUT2D eigenvalue weighted by Gasteiger charge is -2.17. The Morgan fingerprint density at radius 2 is 1.97 bits per heavy atom. The number of H-pyrrole nitrogens is 1. The zero-order valence-corrected chi connectivity index (χ0v) is 16.9. The lowest BCUT2D eigenvalue weighted by atomic mass is 10.0. The maximum absolute atomic E-state index is 14.6. The van der Waals surface area contributed by atoms with Crippen molar-refractivity contribution in [2.45, 2.75) is 13.3 Å². The molecule has 0 aliphatic carbocycles. The van der Waals surface area contributed by atoms with E-state index in [1.54, 1.807) is 31.3 Å². The van der Waals surface area contributed by atoms with Crippen LogP contribution in [0.25, 0.3) is 10.8 Å². The van der Waals surface area contributed by atoms with Crippen molar-refractivity contribution in [2.75, 3.05) is 13.1 Å². The number of amides is 1. The minimum atomic E-state index is -0.603. The van der Waals surface area contributed by atoms with Crippen molar-refractivity contribution in [3.8, 4) is 0 Å². The third kappa shape index (κ3) is 3.92. The van der Waals surface area contributed by atoms with Gasteiger partial charge in [-0.25, -0.2) is 9.49 Å². The second kappa shape index (κ2) is 8.43. The molecule has 0 saturated carbocycles. The molecule has 0 atom stereocenters. The van der Waals surface area contributed by atoms with E-state index in [1.807, 2.05) is 12.1 Å². The predicted octanol–water partition coefficient (Wildman–Crippen LogP) is 3.11. The normalized spacial score (nSPS) is 14.1. The molecule has 0 fully saturated rings. The molecule has 0 radical (unpaired) electrons. The Morgan fingerprint density at radius 3 is 2.71 bits per heavy atom. The van der Waals surface area contributed by atoms with Gasteiger partial charge in [-0.05, 0) is 37.4 Å². The highest BCUT2D eigenvalue weighted by Crippen LogP contribution is 2.24. The van der Waals surface area contributed by atoms with Gasteiger partial charge in [0.25, 0.3) is 11.5 Å². The largest absolute Gasteiger partial charge is 0.327 e. The van der Waals surface area contributed by atoms with Crippen molar-refractivity contribution in [3.05, 3.63) is 86.9 Å². The number of hydrogen-bond acceptors (Lipinski definition) is 5. The zero-order valence-electron chi connectivity index (χ0n) is 16.9. The standard InChI is InChI=1S/C23H20FN5O2/c1-3-26-21-13-29(12-20(21)25-2)23(31)17-10-14(8-9-18(17)24)11-19-15-6-4-5-7-16(15)22(30)28-27-19/h3-10H,2,11-13H2,1H3,(H,28,30). The van der Waals surface area contributed by atoms with Gasteiger partial charge in [0.1, 0.15) is 5.82 Å². The van der Waals surface area contributed by atoms with E-state index in [-0.39, 0.29) is 24.2 Å². The van der Waals surface area contributed by atoms with Crippen molar-refractivity contribution >= 4 is 29.6 Å². The van der Waals surface area contributed by atoms with Gasteiger partial charge in [-0.3, -0.25) is 19.6 Å². The molecule has 0 unspecified atom stereocenters. The number of nitrogens with one attached hydrogen (secondary N) is 1. The van der Waals surface area contributed by atoms with Crippen LogP contribution < -0.4 is 5.56 Å². The summed E-state index contributed by atoms with van der Waals surface area (Å²) in [5.74, 6) is -1.05. The number of benzene rings is 2. The number of halogens is 1. The molecule has 1 aromatic heterocycles. The second-order valence-electron chi connectivity index (χ2n) is 7.14. The molecule has 2 heterocycles. The maximum Gasteiger partial charge on any atom is 0.272 e. The fourth-order valence-corrected chi connectivity index (χ4v) is 3.67. The van der Waals surface area contributed by atoms with Crippen LogP contribution >= 0.6 is 0 Å². The molecular weight excluding hydrogens is 397 g/mol. The van der Waals surface area contributed by atoms with E-state index >= 15 is 0 Å². The van der Waals surface area contributed by atoms with Gasteiger partial charge in [0.05, 0.1) is 41.1 Å². The molecule has 1 N–H and O–H groups in total. The lowest BCUT2D eigenvalue weighted by molar-refractivity contribution is 0.0791. The zero-order chi connectivity index (χ0) is 22.0. The Balaban J connectivity index is 1.63. The van der Waals surface area contributed by atoms with Crippen LogP contribution in [0.3, 0.4) is 0 Å². The number of nitrogens with zero attached hydrogens (tertiary/aromatic N) is 4. The average Bonchev–Trinajstić information content (AvgIpc) is 3.20. The molecule has 31 heavy (non-hydrogen) atoms. The van der Waals surface area contributed by atoms with Gasteiger partial charge < -0.3 is 4.90 Å². The summed E-state index contributed by atoms with van der Waals surface area (Å²) >= 11 is 0. The minimum absolute atomic E-state index is 0.0311. The molecule has 0 saturated heterocycles. The Hall–Kier alpha value is -3.94. The van der Waals surface area contributed by atoms with Crippen LogP contribution in [0.5, 0.6) is 0 Å². The second-order valence-corrected chi connectivity index (χ2v) is 7.14. The first kappa shape index (κ1) is 20.3. The first-order chi connectivity index (χ1) is 15.0. The molecule has 2 aromatic carbocycles. The summed E-state index contributed by atoms with van der Waals surface area (Å²) < 4.78 is 14.6. The lowest BCUT2D eigenvalue weighted by Crippen LogP contribution is -2.30. The highest BCUT2D eigenvalue weighted by molar-refractivity contribution is 5.95. The molecule has 1 aliphatic rings. The molecule has 0 spiro atoms. The van der Waals surface area contributed by atoms with Gasteiger partial charge in [0, 0.05) is 18.0 Å². The summed E-state index contributed by atoms with van der Waals surface area (Å²) in [6, 6.07) is 11.6. The number of hydrogen-bond donors (Lipinski definition) is 1. The first-order valence-electron chi connectivity index (χ1n) is 9.73. The van der Waals surface area contributed by atoms with Gasteiger partial charge in [-0.2, -0.15) is 5.10 Å². The molecule has 4 rings (SSSR count). The molecule has 1 amide bonds. The highest BCUT2D eigenvalue weighted by Gasteiger charge is 2.28. The quantitative estimate of drug-likeness (QED) is 0.647. The number of aromatic nitrogens is 2. The van der Waals surface area contributed by atoms with E-state index in [0.29, 0.717) is 34.5 Å². The number of aromatic amines is 1.